The van der Waals surface area contributed by atoms with E-state index in [2.05, 4.69) is 15.9 Å². The number of nitrogens with zero attached hydrogens (tertiary/aromatic N) is 1. The van der Waals surface area contributed by atoms with E-state index in [4.69, 9.17) is 4.74 Å². The number of thioether (sulfide) groups is 1. The summed E-state index contributed by atoms with van der Waals surface area (Å²) < 4.78 is 6.03. The lowest BCUT2D eigenvalue weighted by molar-refractivity contribution is 0.0624. The summed E-state index contributed by atoms with van der Waals surface area (Å²) in [5.41, 5.74) is 1.89. The van der Waals surface area contributed by atoms with E-state index in [0.717, 1.165) is 33.5 Å². The Bertz CT molecular complexity index is 475. The third kappa shape index (κ3) is 3.77. The van der Waals surface area contributed by atoms with Crippen molar-refractivity contribution in [3.8, 4) is 0 Å². The molecule has 1 heterocycles. The van der Waals surface area contributed by atoms with Crippen molar-refractivity contribution in [2.45, 2.75) is 19.4 Å². The largest absolute Gasteiger partial charge is 0.383 e. The number of methoxy groups -OCH3 is 1. The molecular weight excluding hydrogens is 338 g/mol. The molecule has 1 aliphatic heterocycles. The van der Waals surface area contributed by atoms with Gasteiger partial charge in [0.2, 0.25) is 0 Å². The Balaban J connectivity index is 2.20. The zero-order chi connectivity index (χ0) is 14.5. The van der Waals surface area contributed by atoms with E-state index >= 15 is 0 Å². The van der Waals surface area contributed by atoms with Gasteiger partial charge in [-0.3, -0.25) is 4.79 Å². The molecule has 0 radical (unpaired) electrons. The molecule has 110 valence electrons. The molecule has 0 N–H and O–H groups in total. The van der Waals surface area contributed by atoms with Gasteiger partial charge in [-0.05, 0) is 52.7 Å². The van der Waals surface area contributed by atoms with E-state index in [1.165, 1.54) is 0 Å². The molecule has 1 aromatic carbocycles. The lowest BCUT2D eigenvalue weighted by Gasteiger charge is -2.28. The lowest BCUT2D eigenvalue weighted by atomic mass is 10.1. The second-order valence-electron chi connectivity index (χ2n) is 4.99. The first-order chi connectivity index (χ1) is 9.63. The van der Waals surface area contributed by atoms with Gasteiger partial charge in [-0.15, -0.1) is 0 Å². The summed E-state index contributed by atoms with van der Waals surface area (Å²) in [5.74, 6) is 2.26. The Morgan fingerprint density at radius 2 is 2.35 bits per heavy atom. The van der Waals surface area contributed by atoms with Crippen LogP contribution >= 0.6 is 27.7 Å². The highest BCUT2D eigenvalue weighted by atomic mass is 79.9. The molecule has 1 saturated heterocycles. The van der Waals surface area contributed by atoms with Crippen molar-refractivity contribution in [1.82, 2.24) is 4.90 Å². The number of benzene rings is 1. The Morgan fingerprint density at radius 1 is 1.55 bits per heavy atom. The molecule has 1 aliphatic rings. The number of aryl methyl sites for hydroxylation is 1. The summed E-state index contributed by atoms with van der Waals surface area (Å²) in [6.45, 7) is 3.26. The quantitative estimate of drug-likeness (QED) is 0.809. The van der Waals surface area contributed by atoms with Crippen LogP contribution in [0, 0.1) is 6.92 Å². The van der Waals surface area contributed by atoms with Crippen molar-refractivity contribution >= 4 is 33.6 Å². The fourth-order valence-electron chi connectivity index (χ4n) is 2.36. The van der Waals surface area contributed by atoms with E-state index in [9.17, 15) is 4.79 Å². The fraction of sp³-hybridized carbons (Fsp3) is 0.533. The molecule has 0 aliphatic carbocycles. The van der Waals surface area contributed by atoms with Crippen LogP contribution in [0.5, 0.6) is 0 Å². The van der Waals surface area contributed by atoms with Gasteiger partial charge < -0.3 is 9.64 Å². The third-order valence-corrected chi connectivity index (χ3v) is 5.30. The highest BCUT2D eigenvalue weighted by Gasteiger charge is 2.28. The van der Waals surface area contributed by atoms with Gasteiger partial charge in [0, 0.05) is 29.9 Å². The van der Waals surface area contributed by atoms with Crippen LogP contribution in [0.3, 0.4) is 0 Å². The summed E-state index contributed by atoms with van der Waals surface area (Å²) in [7, 11) is 1.67. The summed E-state index contributed by atoms with van der Waals surface area (Å²) >= 11 is 5.43. The van der Waals surface area contributed by atoms with E-state index in [1.807, 2.05) is 41.8 Å². The molecule has 20 heavy (non-hydrogen) atoms. The topological polar surface area (TPSA) is 29.5 Å². The molecule has 0 bridgehead atoms. The van der Waals surface area contributed by atoms with Crippen LogP contribution in [0.4, 0.5) is 0 Å². The highest BCUT2D eigenvalue weighted by Crippen LogP contribution is 2.26. The van der Waals surface area contributed by atoms with Crippen molar-refractivity contribution < 1.29 is 9.53 Å². The number of carbonyl (C=O) groups is 1. The summed E-state index contributed by atoms with van der Waals surface area (Å²) in [4.78, 5) is 14.8. The third-order valence-electron chi connectivity index (χ3n) is 3.50. The first kappa shape index (κ1) is 15.9. The van der Waals surface area contributed by atoms with E-state index in [0.29, 0.717) is 19.2 Å². The first-order valence-corrected chi connectivity index (χ1v) is 8.72. The minimum atomic E-state index is 0.0985. The van der Waals surface area contributed by atoms with Gasteiger partial charge in [0.1, 0.15) is 0 Å². The van der Waals surface area contributed by atoms with Crippen LogP contribution in [0.25, 0.3) is 0 Å². The smallest absolute Gasteiger partial charge is 0.255 e. The zero-order valence-corrected chi connectivity index (χ0v) is 14.3. The molecule has 1 atom stereocenters. The number of hydrogen-bond acceptors (Lipinski definition) is 3. The number of rotatable bonds is 5. The second kappa shape index (κ2) is 7.48. The van der Waals surface area contributed by atoms with Crippen molar-refractivity contribution in [2.24, 2.45) is 0 Å². The molecule has 1 aromatic rings. The van der Waals surface area contributed by atoms with Crippen molar-refractivity contribution in [3.63, 3.8) is 0 Å². The molecule has 0 saturated carbocycles. The molecule has 1 fully saturated rings. The number of ether oxygens (including phenoxy) is 1. The normalized spacial score (nSPS) is 18.2. The number of hydrogen-bond donors (Lipinski definition) is 0. The van der Waals surface area contributed by atoms with Gasteiger partial charge in [0.25, 0.3) is 5.91 Å². The van der Waals surface area contributed by atoms with Crippen LogP contribution in [0.15, 0.2) is 22.7 Å². The summed E-state index contributed by atoms with van der Waals surface area (Å²) in [5, 5.41) is 0. The maximum Gasteiger partial charge on any atom is 0.255 e. The minimum Gasteiger partial charge on any atom is -0.383 e. The van der Waals surface area contributed by atoms with Gasteiger partial charge >= 0.3 is 0 Å². The molecule has 2 rings (SSSR count). The molecule has 1 unspecified atom stereocenters. The van der Waals surface area contributed by atoms with E-state index < -0.39 is 0 Å². The molecule has 0 spiro atoms. The van der Waals surface area contributed by atoms with Gasteiger partial charge in [-0.25, -0.2) is 0 Å². The van der Waals surface area contributed by atoms with E-state index in [1.54, 1.807) is 7.11 Å². The van der Waals surface area contributed by atoms with Crippen LogP contribution < -0.4 is 0 Å². The van der Waals surface area contributed by atoms with Crippen LogP contribution in [0.2, 0.25) is 0 Å². The van der Waals surface area contributed by atoms with Crippen LogP contribution in [0.1, 0.15) is 22.3 Å². The predicted octanol–water partition coefficient (Wildman–Crippen LogP) is 3.35. The Morgan fingerprint density at radius 3 is 2.95 bits per heavy atom. The fourth-order valence-corrected chi connectivity index (χ4v) is 4.24. The predicted molar refractivity (Wildman–Crippen MR) is 87.5 cm³/mol. The van der Waals surface area contributed by atoms with Crippen molar-refractivity contribution in [1.29, 1.82) is 0 Å². The van der Waals surface area contributed by atoms with E-state index in [-0.39, 0.29) is 5.91 Å². The lowest BCUT2D eigenvalue weighted by Crippen LogP contribution is -2.42. The Hall–Kier alpha value is -0.520. The number of amides is 1. The second-order valence-corrected chi connectivity index (χ2v) is 7.00. The maximum atomic E-state index is 12.8. The first-order valence-electron chi connectivity index (χ1n) is 6.77. The average Bonchev–Trinajstić information content (AvgIpc) is 2.93. The number of halogens is 1. The molecule has 0 aromatic heterocycles. The SMILES string of the molecule is COCCN(C(=O)c1ccc(C)cc1Br)C1CCSC1. The van der Waals surface area contributed by atoms with Gasteiger partial charge in [0.15, 0.2) is 0 Å². The standard InChI is InChI=1S/C15H20BrNO2S/c1-11-3-4-13(14(16)9-11)15(18)17(6-7-19-2)12-5-8-20-10-12/h3-4,9,12H,5-8,10H2,1-2H3. The molecule has 5 heteroatoms. The van der Waals surface area contributed by atoms with Gasteiger partial charge in [0.05, 0.1) is 12.2 Å². The van der Waals surface area contributed by atoms with Crippen molar-refractivity contribution in [3.05, 3.63) is 33.8 Å². The molecule has 1 amide bonds. The maximum absolute atomic E-state index is 12.8. The zero-order valence-electron chi connectivity index (χ0n) is 11.9. The van der Waals surface area contributed by atoms with Gasteiger partial charge in [-0.2, -0.15) is 11.8 Å². The monoisotopic (exact) mass is 357 g/mol. The number of carbonyl (C=O) groups excluding carboxylic acids is 1. The van der Waals surface area contributed by atoms with Gasteiger partial charge in [-0.1, -0.05) is 6.07 Å². The Kier molecular flexibility index (Phi) is 5.93. The highest BCUT2D eigenvalue weighted by molar-refractivity contribution is 9.10. The van der Waals surface area contributed by atoms with Crippen molar-refractivity contribution in [2.75, 3.05) is 31.8 Å². The van der Waals surface area contributed by atoms with Crippen LogP contribution in [-0.4, -0.2) is 48.6 Å². The minimum absolute atomic E-state index is 0.0985. The summed E-state index contributed by atoms with van der Waals surface area (Å²) in [6, 6.07) is 6.21. The average molecular weight is 358 g/mol. The van der Waals surface area contributed by atoms with Crippen LogP contribution in [-0.2, 0) is 4.74 Å². The molecular formula is C15H20BrNO2S. The molecule has 3 nitrogen and oxygen atoms in total. The Labute approximate surface area is 133 Å². The summed E-state index contributed by atoms with van der Waals surface area (Å²) in [6.07, 6.45) is 1.07.